The Hall–Kier alpha value is -3.27. The number of amides is 2. The van der Waals surface area contributed by atoms with E-state index in [4.69, 9.17) is 14.2 Å². The van der Waals surface area contributed by atoms with Crippen LogP contribution in [0.3, 0.4) is 0 Å². The van der Waals surface area contributed by atoms with Crippen LogP contribution in [0.25, 0.3) is 11.1 Å². The topological polar surface area (TPSA) is 92.3 Å². The summed E-state index contributed by atoms with van der Waals surface area (Å²) in [6.07, 6.45) is -0.647. The van der Waals surface area contributed by atoms with Crippen LogP contribution in [0.4, 0.5) is 4.79 Å². The predicted octanol–water partition coefficient (Wildman–Crippen LogP) is 4.79. The molecule has 2 heterocycles. The molecule has 2 saturated heterocycles. The number of morpholine rings is 1. The third kappa shape index (κ3) is 7.52. The van der Waals surface area contributed by atoms with Gasteiger partial charge in [-0.25, -0.2) is 4.79 Å². The molecular formula is C33H41N3O5. The summed E-state index contributed by atoms with van der Waals surface area (Å²) in [6.45, 7) is 9.30. The van der Waals surface area contributed by atoms with Gasteiger partial charge < -0.3 is 30.0 Å². The summed E-state index contributed by atoms with van der Waals surface area (Å²) in [6, 6.07) is 24.4. The first-order chi connectivity index (χ1) is 20.0. The second kappa shape index (κ2) is 14.1. The number of benzene rings is 3. The van der Waals surface area contributed by atoms with Gasteiger partial charge in [0.1, 0.15) is 0 Å². The van der Waals surface area contributed by atoms with E-state index in [0.717, 1.165) is 66.2 Å². The Kier molecular flexibility index (Phi) is 10.0. The number of rotatable bonds is 9. The minimum Gasteiger partial charge on any atom is -0.392 e. The highest BCUT2D eigenvalue weighted by Crippen LogP contribution is 2.42. The van der Waals surface area contributed by atoms with E-state index in [1.165, 1.54) is 0 Å². The fourth-order valence-corrected chi connectivity index (χ4v) is 5.47. The van der Waals surface area contributed by atoms with Crippen molar-refractivity contribution in [1.29, 1.82) is 0 Å². The number of nitrogens with zero attached hydrogens (tertiary/aromatic N) is 1. The third-order valence-corrected chi connectivity index (χ3v) is 7.90. The summed E-state index contributed by atoms with van der Waals surface area (Å²) < 4.78 is 18.8. The molecule has 4 atom stereocenters. The number of aliphatic hydroxyl groups excluding tert-OH is 1. The number of ether oxygens (including phenoxy) is 3. The summed E-state index contributed by atoms with van der Waals surface area (Å²) in [4.78, 5) is 14.2. The molecule has 0 spiro atoms. The van der Waals surface area contributed by atoms with Crippen LogP contribution >= 0.6 is 0 Å². The van der Waals surface area contributed by atoms with Crippen molar-refractivity contribution >= 4 is 6.03 Å². The summed E-state index contributed by atoms with van der Waals surface area (Å²) >= 11 is 0. The van der Waals surface area contributed by atoms with Gasteiger partial charge in [0.2, 0.25) is 0 Å². The first-order valence-corrected chi connectivity index (χ1v) is 14.6. The minimum absolute atomic E-state index is 0.0110. The molecule has 5 rings (SSSR count). The first-order valence-electron chi connectivity index (χ1n) is 14.6. The van der Waals surface area contributed by atoms with Crippen molar-refractivity contribution in [2.24, 2.45) is 5.92 Å². The van der Waals surface area contributed by atoms with Crippen LogP contribution in [0.1, 0.15) is 48.5 Å². The average Bonchev–Trinajstić information content (AvgIpc) is 3.02. The van der Waals surface area contributed by atoms with E-state index in [-0.39, 0.29) is 30.8 Å². The second-order valence-corrected chi connectivity index (χ2v) is 10.8. The van der Waals surface area contributed by atoms with Crippen LogP contribution in [0.2, 0.25) is 0 Å². The number of hydrogen-bond acceptors (Lipinski definition) is 6. The molecule has 2 aliphatic heterocycles. The zero-order chi connectivity index (χ0) is 28.6. The van der Waals surface area contributed by atoms with Gasteiger partial charge in [0.25, 0.3) is 0 Å². The molecule has 3 aromatic carbocycles. The van der Waals surface area contributed by atoms with Crippen LogP contribution < -0.4 is 10.6 Å². The maximum Gasteiger partial charge on any atom is 0.315 e. The molecule has 0 radical (unpaired) electrons. The Labute approximate surface area is 242 Å². The summed E-state index contributed by atoms with van der Waals surface area (Å²) in [5, 5.41) is 15.1. The molecule has 0 unspecified atom stereocenters. The maximum absolute atomic E-state index is 11.8. The molecule has 2 aliphatic rings. The van der Waals surface area contributed by atoms with Crippen molar-refractivity contribution in [3.8, 4) is 11.1 Å². The molecule has 3 N–H and O–H groups in total. The van der Waals surface area contributed by atoms with Gasteiger partial charge >= 0.3 is 6.03 Å². The van der Waals surface area contributed by atoms with Crippen molar-refractivity contribution in [2.75, 3.05) is 39.4 Å². The Morgan fingerprint density at radius 1 is 0.902 bits per heavy atom. The van der Waals surface area contributed by atoms with Crippen LogP contribution in [0.5, 0.6) is 0 Å². The fourth-order valence-electron chi connectivity index (χ4n) is 5.47. The standard InChI is InChI=1S/C33H41N3O5/c1-3-34-33(38)35-20-25-5-4-6-29(19-25)26-11-13-28(14-12-26)32-40-30(21-36-15-17-39-18-16-36)23(2)31(41-32)27-9-7-24(22-37)8-10-27/h4-14,19,23,30-32,37H,3,15-18,20-22H2,1-2H3,(H2,34,35,38)/t23-,30+,31+,32+/m0/s1. The predicted molar refractivity (Wildman–Crippen MR) is 158 cm³/mol. The number of nitrogens with one attached hydrogen (secondary N) is 2. The highest BCUT2D eigenvalue weighted by molar-refractivity contribution is 5.73. The Morgan fingerprint density at radius 3 is 2.34 bits per heavy atom. The number of hydrogen-bond donors (Lipinski definition) is 3. The molecule has 41 heavy (non-hydrogen) atoms. The van der Waals surface area contributed by atoms with E-state index >= 15 is 0 Å². The molecule has 3 aromatic rings. The van der Waals surface area contributed by atoms with Crippen molar-refractivity contribution < 1.29 is 24.1 Å². The summed E-state index contributed by atoms with van der Waals surface area (Å²) in [7, 11) is 0. The lowest BCUT2D eigenvalue weighted by molar-refractivity contribution is -0.277. The van der Waals surface area contributed by atoms with E-state index < -0.39 is 6.29 Å². The number of carbonyl (C=O) groups is 1. The van der Waals surface area contributed by atoms with Gasteiger partial charge in [-0.1, -0.05) is 73.7 Å². The lowest BCUT2D eigenvalue weighted by Gasteiger charge is -2.43. The summed E-state index contributed by atoms with van der Waals surface area (Å²) in [5.41, 5.74) is 6.14. The second-order valence-electron chi connectivity index (χ2n) is 10.8. The van der Waals surface area contributed by atoms with Crippen LogP contribution in [-0.2, 0) is 27.4 Å². The van der Waals surface area contributed by atoms with Gasteiger partial charge in [0.05, 0.1) is 32.0 Å². The molecule has 8 heteroatoms. The van der Waals surface area contributed by atoms with Gasteiger partial charge in [-0.05, 0) is 40.8 Å². The van der Waals surface area contributed by atoms with Crippen molar-refractivity contribution in [3.63, 3.8) is 0 Å². The van der Waals surface area contributed by atoms with Crippen molar-refractivity contribution in [2.45, 2.75) is 45.5 Å². The zero-order valence-electron chi connectivity index (χ0n) is 23.9. The summed E-state index contributed by atoms with van der Waals surface area (Å²) in [5.74, 6) is 0.143. The Bertz CT molecular complexity index is 1260. The Morgan fingerprint density at radius 2 is 1.63 bits per heavy atom. The average molecular weight is 560 g/mol. The van der Waals surface area contributed by atoms with Crippen LogP contribution in [0, 0.1) is 5.92 Å². The minimum atomic E-state index is -0.499. The maximum atomic E-state index is 11.8. The largest absolute Gasteiger partial charge is 0.392 e. The molecule has 0 aromatic heterocycles. The number of carbonyl (C=O) groups excluding carboxylic acids is 1. The molecular weight excluding hydrogens is 518 g/mol. The third-order valence-electron chi connectivity index (χ3n) is 7.90. The lowest BCUT2D eigenvalue weighted by atomic mass is 9.90. The van der Waals surface area contributed by atoms with Crippen LogP contribution in [-0.4, -0.2) is 61.5 Å². The molecule has 2 amide bonds. The van der Waals surface area contributed by atoms with Gasteiger partial charge in [-0.3, -0.25) is 4.90 Å². The molecule has 2 fully saturated rings. The smallest absolute Gasteiger partial charge is 0.315 e. The molecule has 0 aliphatic carbocycles. The van der Waals surface area contributed by atoms with E-state index in [1.54, 1.807) is 0 Å². The lowest BCUT2D eigenvalue weighted by Crippen LogP contribution is -2.47. The molecule has 0 bridgehead atoms. The number of aliphatic hydroxyl groups is 1. The molecule has 218 valence electrons. The van der Waals surface area contributed by atoms with Crippen molar-refractivity contribution in [3.05, 3.63) is 95.1 Å². The SMILES string of the molecule is CCNC(=O)NCc1cccc(-c2ccc([C@@H]3O[C@H](CN4CCOCC4)[C@H](C)[C@H](c4ccc(CO)cc4)O3)cc2)c1. The van der Waals surface area contributed by atoms with Crippen LogP contribution in [0.15, 0.2) is 72.8 Å². The van der Waals surface area contributed by atoms with E-state index in [0.29, 0.717) is 13.1 Å². The highest BCUT2D eigenvalue weighted by atomic mass is 16.7. The van der Waals surface area contributed by atoms with E-state index in [2.05, 4.69) is 71.0 Å². The zero-order valence-corrected chi connectivity index (χ0v) is 23.9. The number of urea groups is 1. The fraction of sp³-hybridized carbons (Fsp3) is 0.424. The van der Waals surface area contributed by atoms with Gasteiger partial charge in [-0.2, -0.15) is 0 Å². The van der Waals surface area contributed by atoms with Gasteiger partial charge in [0.15, 0.2) is 6.29 Å². The Balaban J connectivity index is 1.33. The molecule has 0 saturated carbocycles. The van der Waals surface area contributed by atoms with E-state index in [9.17, 15) is 9.90 Å². The van der Waals surface area contributed by atoms with Gasteiger partial charge in [0, 0.05) is 44.2 Å². The van der Waals surface area contributed by atoms with E-state index in [1.807, 2.05) is 31.2 Å². The normalized spacial score (nSPS) is 23.2. The quantitative estimate of drug-likeness (QED) is 0.349. The monoisotopic (exact) mass is 559 g/mol. The van der Waals surface area contributed by atoms with Gasteiger partial charge in [-0.15, -0.1) is 0 Å². The molecule has 8 nitrogen and oxygen atoms in total. The first kappa shape index (κ1) is 29.2. The van der Waals surface area contributed by atoms with Crippen molar-refractivity contribution in [1.82, 2.24) is 15.5 Å². The highest BCUT2D eigenvalue weighted by Gasteiger charge is 2.39.